The molecule has 4 nitrogen and oxygen atoms in total. The lowest BCUT2D eigenvalue weighted by Crippen LogP contribution is -2.02. The average Bonchev–Trinajstić information content (AvgIpc) is 2.32. The van der Waals surface area contributed by atoms with Gasteiger partial charge in [0.2, 0.25) is 0 Å². The first-order valence-electron chi connectivity index (χ1n) is 4.29. The van der Waals surface area contributed by atoms with Crippen LogP contribution in [-0.4, -0.2) is 0 Å². The Kier molecular flexibility index (Phi) is 4.06. The van der Waals surface area contributed by atoms with E-state index in [1.165, 1.54) is 24.3 Å². The normalized spacial score (nSPS) is 8.41. The molecule has 0 aliphatic carbocycles. The molecular weight excluding hydrogens is 243 g/mol. The fourth-order valence-electron chi connectivity index (χ4n) is 1.01. The Morgan fingerprint density at radius 2 is 1.82 bits per heavy atom. The predicted molar refractivity (Wildman–Crippen MR) is 58.9 cm³/mol. The summed E-state index contributed by atoms with van der Waals surface area (Å²) in [6.07, 6.45) is 0. The molecule has 0 aliphatic heterocycles. The van der Waals surface area contributed by atoms with Crippen LogP contribution in [-0.2, 0) is 0 Å². The van der Waals surface area contributed by atoms with Crippen LogP contribution < -0.4 is 5.32 Å². The summed E-state index contributed by atoms with van der Waals surface area (Å²) in [7, 11) is 0. The van der Waals surface area contributed by atoms with E-state index in [1.807, 2.05) is 0 Å². The lowest BCUT2D eigenvalue weighted by molar-refractivity contribution is 0.631. The molecule has 17 heavy (non-hydrogen) atoms. The molecule has 0 spiro atoms. The van der Waals surface area contributed by atoms with E-state index in [0.717, 1.165) is 6.07 Å². The number of rotatable bonds is 2. The van der Waals surface area contributed by atoms with E-state index in [9.17, 15) is 4.39 Å². The zero-order chi connectivity index (χ0) is 12.8. The van der Waals surface area contributed by atoms with Gasteiger partial charge < -0.3 is 5.32 Å². The van der Waals surface area contributed by atoms with Crippen molar-refractivity contribution in [1.29, 1.82) is 15.8 Å². The summed E-state index contributed by atoms with van der Waals surface area (Å²) >= 11 is 5.55. The molecule has 0 atom stereocenters. The average molecular weight is 247 g/mol. The van der Waals surface area contributed by atoms with Gasteiger partial charge in [-0.25, -0.2) is 4.39 Å². The maximum Gasteiger partial charge on any atom is 0.163 e. The lowest BCUT2D eigenvalue weighted by Gasteiger charge is -2.05. The minimum Gasteiger partial charge on any atom is -0.343 e. The molecule has 0 aromatic heterocycles. The van der Waals surface area contributed by atoms with Gasteiger partial charge in [-0.15, -0.1) is 0 Å². The molecule has 1 rings (SSSR count). The Hall–Kier alpha value is -2.55. The molecule has 82 valence electrons. The third-order valence-corrected chi connectivity index (χ3v) is 2.01. The van der Waals surface area contributed by atoms with Gasteiger partial charge in [0.05, 0.1) is 5.69 Å². The summed E-state index contributed by atoms with van der Waals surface area (Å²) in [6.45, 7) is 0. The van der Waals surface area contributed by atoms with Crippen LogP contribution in [0.5, 0.6) is 0 Å². The Morgan fingerprint density at radius 1 is 1.18 bits per heavy atom. The number of allylic oxidation sites excluding steroid dienone is 2. The highest BCUT2D eigenvalue weighted by atomic mass is 35.5. The molecule has 0 bridgehead atoms. The van der Waals surface area contributed by atoms with E-state index in [4.69, 9.17) is 27.4 Å². The van der Waals surface area contributed by atoms with Crippen LogP contribution >= 0.6 is 11.6 Å². The van der Waals surface area contributed by atoms with E-state index in [-0.39, 0.29) is 16.4 Å². The summed E-state index contributed by atoms with van der Waals surface area (Å²) in [6, 6.07) is 8.47. The quantitative estimate of drug-likeness (QED) is 0.813. The first-order chi connectivity index (χ1) is 8.12. The standard InChI is InChI=1S/C11H4ClFN4/c12-8-1-2-10(9(13)3-8)17-11(6-16)7(4-14)5-15/h1-3,17H. The van der Waals surface area contributed by atoms with Crippen molar-refractivity contribution >= 4 is 17.3 Å². The third kappa shape index (κ3) is 2.95. The Morgan fingerprint density at radius 3 is 2.29 bits per heavy atom. The number of halogens is 2. The van der Waals surface area contributed by atoms with Crippen molar-refractivity contribution in [3.05, 3.63) is 40.3 Å². The molecule has 0 radical (unpaired) electrons. The summed E-state index contributed by atoms with van der Waals surface area (Å²) < 4.78 is 13.4. The molecule has 0 fully saturated rings. The first-order valence-corrected chi connectivity index (χ1v) is 4.66. The molecule has 1 aromatic rings. The molecule has 0 aliphatic rings. The molecule has 0 heterocycles. The van der Waals surface area contributed by atoms with Gasteiger partial charge in [0.25, 0.3) is 0 Å². The molecule has 1 aromatic carbocycles. The van der Waals surface area contributed by atoms with Gasteiger partial charge >= 0.3 is 0 Å². The molecule has 0 unspecified atom stereocenters. The van der Waals surface area contributed by atoms with Gasteiger partial charge in [-0.2, -0.15) is 15.8 Å². The monoisotopic (exact) mass is 246 g/mol. The van der Waals surface area contributed by atoms with E-state index in [2.05, 4.69) is 5.32 Å². The Labute approximate surface area is 102 Å². The van der Waals surface area contributed by atoms with Gasteiger partial charge in [-0.1, -0.05) is 11.6 Å². The number of hydrogen-bond acceptors (Lipinski definition) is 4. The summed E-state index contributed by atoms with van der Waals surface area (Å²) in [4.78, 5) is 0. The van der Waals surface area contributed by atoms with E-state index < -0.39 is 11.4 Å². The smallest absolute Gasteiger partial charge is 0.163 e. The second-order valence-electron chi connectivity index (χ2n) is 2.83. The van der Waals surface area contributed by atoms with Gasteiger partial charge in [0, 0.05) is 5.02 Å². The largest absolute Gasteiger partial charge is 0.343 e. The molecule has 0 saturated carbocycles. The zero-order valence-electron chi connectivity index (χ0n) is 8.33. The molecule has 0 saturated heterocycles. The second-order valence-corrected chi connectivity index (χ2v) is 3.27. The molecule has 0 amide bonds. The van der Waals surface area contributed by atoms with Gasteiger partial charge in [0.1, 0.15) is 29.7 Å². The van der Waals surface area contributed by atoms with Crippen molar-refractivity contribution < 1.29 is 4.39 Å². The van der Waals surface area contributed by atoms with Crippen molar-refractivity contribution in [2.24, 2.45) is 0 Å². The Balaban J connectivity index is 3.16. The van der Waals surface area contributed by atoms with Crippen LogP contribution in [0.4, 0.5) is 10.1 Å². The van der Waals surface area contributed by atoms with E-state index in [0.29, 0.717) is 0 Å². The van der Waals surface area contributed by atoms with Crippen LogP contribution in [0.2, 0.25) is 5.02 Å². The number of nitriles is 3. The predicted octanol–water partition coefficient (Wildman–Crippen LogP) is 2.72. The van der Waals surface area contributed by atoms with Crippen LogP contribution in [0.3, 0.4) is 0 Å². The highest BCUT2D eigenvalue weighted by molar-refractivity contribution is 6.30. The topological polar surface area (TPSA) is 83.4 Å². The van der Waals surface area contributed by atoms with Crippen molar-refractivity contribution in [2.75, 3.05) is 5.32 Å². The van der Waals surface area contributed by atoms with Gasteiger partial charge in [-0.05, 0) is 18.2 Å². The minimum absolute atomic E-state index is 0.0334. The minimum atomic E-state index is -0.680. The summed E-state index contributed by atoms with van der Waals surface area (Å²) in [5, 5.41) is 28.5. The molecule has 6 heteroatoms. The van der Waals surface area contributed by atoms with Crippen LogP contribution in [0.1, 0.15) is 0 Å². The number of anilines is 1. The highest BCUT2D eigenvalue weighted by Gasteiger charge is 2.09. The maximum absolute atomic E-state index is 13.4. The number of nitrogens with one attached hydrogen (secondary N) is 1. The van der Waals surface area contributed by atoms with Crippen molar-refractivity contribution in [3.8, 4) is 18.2 Å². The lowest BCUT2D eigenvalue weighted by atomic mass is 10.2. The SMILES string of the molecule is N#CC(C#N)=C(C#N)Nc1ccc(Cl)cc1F. The third-order valence-electron chi connectivity index (χ3n) is 1.78. The highest BCUT2D eigenvalue weighted by Crippen LogP contribution is 2.20. The maximum atomic E-state index is 13.4. The van der Waals surface area contributed by atoms with Crippen molar-refractivity contribution in [1.82, 2.24) is 0 Å². The van der Waals surface area contributed by atoms with E-state index in [1.54, 1.807) is 6.07 Å². The number of hydrogen-bond donors (Lipinski definition) is 1. The first kappa shape index (κ1) is 12.5. The number of nitrogens with zero attached hydrogens (tertiary/aromatic N) is 3. The summed E-state index contributed by atoms with van der Waals surface area (Å²) in [5.74, 6) is -0.680. The number of benzene rings is 1. The molecule has 1 N–H and O–H groups in total. The van der Waals surface area contributed by atoms with Gasteiger partial charge in [0.15, 0.2) is 5.57 Å². The van der Waals surface area contributed by atoms with Crippen molar-refractivity contribution in [2.45, 2.75) is 0 Å². The Bertz CT molecular complexity index is 585. The fraction of sp³-hybridized carbons (Fsp3) is 0. The van der Waals surface area contributed by atoms with Crippen LogP contribution in [0.25, 0.3) is 0 Å². The van der Waals surface area contributed by atoms with Gasteiger partial charge in [-0.3, -0.25) is 0 Å². The van der Waals surface area contributed by atoms with Crippen molar-refractivity contribution in [3.63, 3.8) is 0 Å². The molecular formula is C11H4ClFN4. The zero-order valence-corrected chi connectivity index (χ0v) is 9.09. The van der Waals surface area contributed by atoms with Crippen LogP contribution in [0, 0.1) is 39.8 Å². The second kappa shape index (κ2) is 5.51. The van der Waals surface area contributed by atoms with E-state index >= 15 is 0 Å². The summed E-state index contributed by atoms with van der Waals surface area (Å²) in [5.41, 5.74) is -0.757. The van der Waals surface area contributed by atoms with Crippen LogP contribution in [0.15, 0.2) is 29.5 Å². The fourth-order valence-corrected chi connectivity index (χ4v) is 1.17.